The maximum absolute atomic E-state index is 12.8. The standard InChI is InChI=1S/C26H30N6O6/c27-29-21(33)8-7-18(16-2-4-17(5-3-16)32-24(36)11-12-25(32)37)20-13-15(1-6-19(20)26(38)30-28)14-31-22(34)9-10-23(31)35/h2-5,9-12,15,18-20H,1,6-8,13-14,27-28H2,(H,29,33)(H,30,38). The molecule has 0 spiro atoms. The highest BCUT2D eigenvalue weighted by Gasteiger charge is 2.41. The summed E-state index contributed by atoms with van der Waals surface area (Å²) < 4.78 is 0. The number of benzene rings is 1. The van der Waals surface area contributed by atoms with Crippen molar-refractivity contribution < 1.29 is 28.8 Å². The van der Waals surface area contributed by atoms with Gasteiger partial charge in [0, 0.05) is 43.2 Å². The average Bonchev–Trinajstić information content (AvgIpc) is 3.43. The van der Waals surface area contributed by atoms with Crippen LogP contribution in [0.2, 0.25) is 0 Å². The van der Waals surface area contributed by atoms with Gasteiger partial charge in [0.1, 0.15) is 0 Å². The zero-order chi connectivity index (χ0) is 27.4. The van der Waals surface area contributed by atoms with Gasteiger partial charge in [-0.25, -0.2) is 16.6 Å². The Kier molecular flexibility index (Phi) is 8.13. The van der Waals surface area contributed by atoms with Gasteiger partial charge in [-0.15, -0.1) is 0 Å². The van der Waals surface area contributed by atoms with Crippen molar-refractivity contribution in [2.45, 2.75) is 38.0 Å². The van der Waals surface area contributed by atoms with Crippen LogP contribution in [0.4, 0.5) is 5.69 Å². The van der Waals surface area contributed by atoms with Crippen LogP contribution in [0.1, 0.15) is 43.6 Å². The fraction of sp³-hybridized carbons (Fsp3) is 0.385. The van der Waals surface area contributed by atoms with Crippen LogP contribution in [0.15, 0.2) is 48.6 Å². The molecule has 0 saturated heterocycles. The Hall–Kier alpha value is -4.16. The third kappa shape index (κ3) is 5.55. The topological polar surface area (TPSA) is 185 Å². The fourth-order valence-corrected chi connectivity index (χ4v) is 5.72. The first-order valence-corrected chi connectivity index (χ1v) is 12.4. The Morgan fingerprint density at radius 3 is 2.05 bits per heavy atom. The number of nitrogens with one attached hydrogen (secondary N) is 2. The normalized spacial score (nSPS) is 23.8. The van der Waals surface area contributed by atoms with E-state index in [0.717, 1.165) is 10.5 Å². The number of carbonyl (C=O) groups excluding carboxylic acids is 6. The molecule has 1 fully saturated rings. The highest BCUT2D eigenvalue weighted by atomic mass is 16.2. The van der Waals surface area contributed by atoms with Gasteiger partial charge in [-0.2, -0.15) is 0 Å². The lowest BCUT2D eigenvalue weighted by Crippen LogP contribution is -2.45. The molecule has 38 heavy (non-hydrogen) atoms. The molecule has 0 aromatic heterocycles. The number of hydrazine groups is 2. The SMILES string of the molecule is NNC(=O)CCC(c1ccc(N2C(=O)C=CC2=O)cc1)C1CC(CN2C(=O)C=CC2=O)CCC1C(=O)NN. The molecule has 3 aliphatic rings. The van der Waals surface area contributed by atoms with Gasteiger partial charge in [-0.1, -0.05) is 12.1 Å². The smallest absolute Gasteiger partial charge is 0.258 e. The minimum atomic E-state index is -0.462. The molecule has 1 saturated carbocycles. The van der Waals surface area contributed by atoms with Crippen LogP contribution in [0.5, 0.6) is 0 Å². The molecule has 200 valence electrons. The molecule has 4 rings (SSSR count). The van der Waals surface area contributed by atoms with Crippen LogP contribution in [0, 0.1) is 17.8 Å². The summed E-state index contributed by atoms with van der Waals surface area (Å²) in [6, 6.07) is 6.86. The highest BCUT2D eigenvalue weighted by Crippen LogP contribution is 2.45. The van der Waals surface area contributed by atoms with Crippen molar-refractivity contribution in [1.29, 1.82) is 0 Å². The molecule has 12 nitrogen and oxygen atoms in total. The highest BCUT2D eigenvalue weighted by molar-refractivity contribution is 6.28. The van der Waals surface area contributed by atoms with E-state index in [1.807, 2.05) is 0 Å². The maximum Gasteiger partial charge on any atom is 0.258 e. The summed E-state index contributed by atoms with van der Waals surface area (Å²) in [5.41, 5.74) is 5.59. The van der Waals surface area contributed by atoms with Crippen molar-refractivity contribution in [2.75, 3.05) is 11.4 Å². The zero-order valence-corrected chi connectivity index (χ0v) is 20.7. The summed E-state index contributed by atoms with van der Waals surface area (Å²) >= 11 is 0. The van der Waals surface area contributed by atoms with Gasteiger partial charge in [0.25, 0.3) is 23.6 Å². The largest absolute Gasteiger partial charge is 0.294 e. The second-order valence-electron chi connectivity index (χ2n) is 9.73. The maximum atomic E-state index is 12.8. The molecular formula is C26H30N6O6. The first-order valence-electron chi connectivity index (χ1n) is 12.4. The van der Waals surface area contributed by atoms with E-state index in [1.54, 1.807) is 24.3 Å². The number of imide groups is 2. The molecular weight excluding hydrogens is 492 g/mol. The lowest BCUT2D eigenvalue weighted by Gasteiger charge is -2.40. The number of carbonyl (C=O) groups is 6. The zero-order valence-electron chi connectivity index (χ0n) is 20.7. The summed E-state index contributed by atoms with van der Waals surface area (Å²) in [4.78, 5) is 75.6. The van der Waals surface area contributed by atoms with Crippen molar-refractivity contribution >= 4 is 41.1 Å². The van der Waals surface area contributed by atoms with E-state index in [0.29, 0.717) is 31.4 Å². The van der Waals surface area contributed by atoms with Gasteiger partial charge < -0.3 is 0 Å². The summed E-state index contributed by atoms with van der Waals surface area (Å²) in [7, 11) is 0. The van der Waals surface area contributed by atoms with Gasteiger partial charge in [0.2, 0.25) is 11.8 Å². The first kappa shape index (κ1) is 26.9. The van der Waals surface area contributed by atoms with E-state index in [9.17, 15) is 28.8 Å². The summed E-state index contributed by atoms with van der Waals surface area (Å²) in [5.74, 6) is 7.44. The van der Waals surface area contributed by atoms with Gasteiger partial charge in [-0.05, 0) is 61.1 Å². The lowest BCUT2D eigenvalue weighted by molar-refractivity contribution is -0.139. The molecule has 1 aromatic rings. The minimum absolute atomic E-state index is 0.0503. The van der Waals surface area contributed by atoms with Crippen LogP contribution in [-0.2, 0) is 28.8 Å². The van der Waals surface area contributed by atoms with Crippen molar-refractivity contribution in [2.24, 2.45) is 29.4 Å². The van der Waals surface area contributed by atoms with Crippen molar-refractivity contribution in [3.8, 4) is 0 Å². The predicted molar refractivity (Wildman–Crippen MR) is 135 cm³/mol. The van der Waals surface area contributed by atoms with Gasteiger partial charge in [0.05, 0.1) is 5.69 Å². The van der Waals surface area contributed by atoms with E-state index in [-0.39, 0.29) is 54.3 Å². The molecule has 0 bridgehead atoms. The number of hydrogen-bond donors (Lipinski definition) is 4. The predicted octanol–water partition coefficient (Wildman–Crippen LogP) is -0.0829. The van der Waals surface area contributed by atoms with Crippen LogP contribution >= 0.6 is 0 Å². The monoisotopic (exact) mass is 522 g/mol. The number of anilines is 1. The molecule has 4 atom stereocenters. The fourth-order valence-electron chi connectivity index (χ4n) is 5.72. The van der Waals surface area contributed by atoms with Gasteiger partial charge in [0.15, 0.2) is 0 Å². The van der Waals surface area contributed by atoms with Crippen LogP contribution in [-0.4, -0.2) is 46.9 Å². The summed E-state index contributed by atoms with van der Waals surface area (Å²) in [5, 5.41) is 0. The molecule has 1 aliphatic carbocycles. The number of nitrogens with two attached hydrogens (primary N) is 2. The van der Waals surface area contributed by atoms with E-state index < -0.39 is 17.7 Å². The van der Waals surface area contributed by atoms with Crippen molar-refractivity contribution in [3.63, 3.8) is 0 Å². The van der Waals surface area contributed by atoms with Crippen molar-refractivity contribution in [1.82, 2.24) is 15.8 Å². The van der Waals surface area contributed by atoms with Crippen LogP contribution in [0.25, 0.3) is 0 Å². The average molecular weight is 523 g/mol. The van der Waals surface area contributed by atoms with E-state index in [1.165, 1.54) is 29.2 Å². The molecule has 2 aliphatic heterocycles. The Bertz CT molecular complexity index is 1170. The molecule has 1 aromatic carbocycles. The Morgan fingerprint density at radius 2 is 1.47 bits per heavy atom. The van der Waals surface area contributed by atoms with Crippen molar-refractivity contribution in [3.05, 3.63) is 54.1 Å². The molecule has 6 amide bonds. The first-order chi connectivity index (χ1) is 18.2. The minimum Gasteiger partial charge on any atom is -0.294 e. The second-order valence-corrected chi connectivity index (χ2v) is 9.73. The third-order valence-corrected chi connectivity index (χ3v) is 7.58. The van der Waals surface area contributed by atoms with Gasteiger partial charge >= 0.3 is 0 Å². The third-order valence-electron chi connectivity index (χ3n) is 7.58. The Morgan fingerprint density at radius 1 is 0.868 bits per heavy atom. The number of amides is 6. The lowest BCUT2D eigenvalue weighted by atomic mass is 9.65. The van der Waals surface area contributed by atoms with Crippen LogP contribution < -0.4 is 27.4 Å². The summed E-state index contributed by atoms with van der Waals surface area (Å²) in [6.07, 6.45) is 6.97. The molecule has 12 heteroatoms. The van der Waals surface area contributed by atoms with E-state index in [2.05, 4.69) is 10.9 Å². The van der Waals surface area contributed by atoms with Crippen LogP contribution in [0.3, 0.4) is 0 Å². The number of nitrogens with zero attached hydrogens (tertiary/aromatic N) is 2. The number of hydrogen-bond acceptors (Lipinski definition) is 8. The number of rotatable bonds is 9. The van der Waals surface area contributed by atoms with E-state index in [4.69, 9.17) is 11.7 Å². The Balaban J connectivity index is 1.62. The van der Waals surface area contributed by atoms with Gasteiger partial charge in [-0.3, -0.25) is 44.5 Å². The molecule has 4 unspecified atom stereocenters. The quantitative estimate of drug-likeness (QED) is 0.150. The molecule has 2 heterocycles. The second kappa shape index (κ2) is 11.5. The summed E-state index contributed by atoms with van der Waals surface area (Å²) in [6.45, 7) is 0.235. The molecule has 6 N–H and O–H groups in total. The Labute approximate surface area is 219 Å². The molecule has 0 radical (unpaired) electrons. The van der Waals surface area contributed by atoms with E-state index >= 15 is 0 Å².